The van der Waals surface area contributed by atoms with Gasteiger partial charge in [0.1, 0.15) is 30.2 Å². The van der Waals surface area contributed by atoms with Crippen LogP contribution >= 0.6 is 0 Å². The summed E-state index contributed by atoms with van der Waals surface area (Å²) < 4.78 is 9.72. The molecular weight excluding hydrogens is 236 g/mol. The maximum atomic E-state index is 5.34. The maximum absolute atomic E-state index is 5.34. The minimum Gasteiger partial charge on any atom is -0.377 e. The van der Waals surface area contributed by atoms with Crippen LogP contribution in [0.25, 0.3) is 0 Å². The Morgan fingerprint density at radius 3 is 2.89 bits per heavy atom. The number of ether oxygens (including phenoxy) is 1. The Morgan fingerprint density at radius 2 is 2.22 bits per heavy atom. The first-order valence-electron chi connectivity index (χ1n) is 5.28. The SMILES string of the molecule is COCc1nc(NN)cc(NCc2ccon2)n1. The van der Waals surface area contributed by atoms with E-state index < -0.39 is 0 Å². The second-order valence-electron chi connectivity index (χ2n) is 3.48. The standard InChI is InChI=1S/C10H14N6O2/c1-17-6-10-13-8(4-9(14-10)15-11)12-5-7-2-3-18-16-7/h2-4H,5-6,11H2,1H3,(H2,12,13,14,15). The average molecular weight is 250 g/mol. The molecular formula is C10H14N6O2. The van der Waals surface area contributed by atoms with Gasteiger partial charge in [-0.1, -0.05) is 5.16 Å². The van der Waals surface area contributed by atoms with Gasteiger partial charge in [0.25, 0.3) is 0 Å². The largest absolute Gasteiger partial charge is 0.377 e. The van der Waals surface area contributed by atoms with Gasteiger partial charge >= 0.3 is 0 Å². The van der Waals surface area contributed by atoms with Crippen molar-refractivity contribution in [2.75, 3.05) is 17.9 Å². The number of nitrogens with two attached hydrogens (primary N) is 1. The summed E-state index contributed by atoms with van der Waals surface area (Å²) in [5, 5.41) is 6.88. The molecule has 96 valence electrons. The van der Waals surface area contributed by atoms with Crippen LogP contribution in [-0.4, -0.2) is 22.2 Å². The van der Waals surface area contributed by atoms with Crippen molar-refractivity contribution in [1.29, 1.82) is 0 Å². The van der Waals surface area contributed by atoms with Crippen LogP contribution < -0.4 is 16.6 Å². The molecule has 0 saturated carbocycles. The molecule has 0 aromatic carbocycles. The highest BCUT2D eigenvalue weighted by molar-refractivity contribution is 5.46. The van der Waals surface area contributed by atoms with Crippen LogP contribution in [0, 0.1) is 0 Å². The number of nitrogens with one attached hydrogen (secondary N) is 2. The lowest BCUT2D eigenvalue weighted by Crippen LogP contribution is -2.12. The van der Waals surface area contributed by atoms with Crippen LogP contribution in [-0.2, 0) is 17.9 Å². The molecule has 8 nitrogen and oxygen atoms in total. The second kappa shape index (κ2) is 5.94. The third kappa shape index (κ3) is 3.15. The number of hydrazine groups is 1. The van der Waals surface area contributed by atoms with Crippen molar-refractivity contribution in [3.63, 3.8) is 0 Å². The van der Waals surface area contributed by atoms with Crippen LogP contribution in [0.5, 0.6) is 0 Å². The number of nitrogen functional groups attached to an aromatic ring is 1. The fourth-order valence-corrected chi connectivity index (χ4v) is 1.37. The molecule has 8 heteroatoms. The molecule has 0 atom stereocenters. The van der Waals surface area contributed by atoms with Gasteiger partial charge in [-0.3, -0.25) is 0 Å². The smallest absolute Gasteiger partial charge is 0.158 e. The molecule has 0 amide bonds. The van der Waals surface area contributed by atoms with Gasteiger partial charge < -0.3 is 20.0 Å². The summed E-state index contributed by atoms with van der Waals surface area (Å²) in [6, 6.07) is 3.46. The second-order valence-corrected chi connectivity index (χ2v) is 3.48. The van der Waals surface area contributed by atoms with E-state index in [0.717, 1.165) is 5.69 Å². The number of anilines is 2. The van der Waals surface area contributed by atoms with E-state index in [1.807, 2.05) is 0 Å². The van der Waals surface area contributed by atoms with Gasteiger partial charge in [-0.25, -0.2) is 15.8 Å². The average Bonchev–Trinajstić information content (AvgIpc) is 2.89. The summed E-state index contributed by atoms with van der Waals surface area (Å²) in [5.41, 5.74) is 3.26. The molecule has 0 aliphatic carbocycles. The number of hydrogen-bond acceptors (Lipinski definition) is 8. The quantitative estimate of drug-likeness (QED) is 0.502. The fraction of sp³-hybridized carbons (Fsp3) is 0.300. The first kappa shape index (κ1) is 12.3. The van der Waals surface area contributed by atoms with Crippen molar-refractivity contribution in [2.24, 2.45) is 5.84 Å². The lowest BCUT2D eigenvalue weighted by atomic mass is 10.4. The van der Waals surface area contributed by atoms with Crippen molar-refractivity contribution in [1.82, 2.24) is 15.1 Å². The normalized spacial score (nSPS) is 10.3. The summed E-state index contributed by atoms with van der Waals surface area (Å²) in [6.45, 7) is 0.818. The van der Waals surface area contributed by atoms with E-state index in [-0.39, 0.29) is 0 Å². The van der Waals surface area contributed by atoms with E-state index >= 15 is 0 Å². The number of methoxy groups -OCH3 is 1. The van der Waals surface area contributed by atoms with E-state index in [0.29, 0.717) is 30.6 Å². The van der Waals surface area contributed by atoms with Gasteiger partial charge in [-0.2, -0.15) is 0 Å². The van der Waals surface area contributed by atoms with Crippen LogP contribution in [0.15, 0.2) is 22.9 Å². The van der Waals surface area contributed by atoms with Crippen LogP contribution in [0.2, 0.25) is 0 Å². The third-order valence-electron chi connectivity index (χ3n) is 2.14. The first-order chi connectivity index (χ1) is 8.81. The highest BCUT2D eigenvalue weighted by Crippen LogP contribution is 2.12. The zero-order valence-electron chi connectivity index (χ0n) is 9.88. The van der Waals surface area contributed by atoms with E-state index in [1.54, 1.807) is 19.2 Å². The number of aromatic nitrogens is 3. The van der Waals surface area contributed by atoms with Gasteiger partial charge in [0, 0.05) is 19.2 Å². The van der Waals surface area contributed by atoms with Crippen molar-refractivity contribution in [3.8, 4) is 0 Å². The molecule has 0 bridgehead atoms. The molecule has 0 aliphatic heterocycles. The minimum absolute atomic E-state index is 0.314. The monoisotopic (exact) mass is 250 g/mol. The molecule has 2 rings (SSSR count). The number of rotatable bonds is 6. The molecule has 2 heterocycles. The molecule has 0 fully saturated rings. The summed E-state index contributed by atoms with van der Waals surface area (Å²) in [4.78, 5) is 8.41. The zero-order valence-corrected chi connectivity index (χ0v) is 9.88. The summed E-state index contributed by atoms with van der Waals surface area (Å²) in [6.07, 6.45) is 1.51. The molecule has 0 aliphatic rings. The minimum atomic E-state index is 0.314. The molecule has 2 aromatic rings. The number of hydrogen-bond donors (Lipinski definition) is 3. The predicted molar refractivity (Wildman–Crippen MR) is 64.4 cm³/mol. The molecule has 0 saturated heterocycles. The molecule has 0 unspecified atom stereocenters. The van der Waals surface area contributed by atoms with Gasteiger partial charge in [0.2, 0.25) is 0 Å². The molecule has 18 heavy (non-hydrogen) atoms. The van der Waals surface area contributed by atoms with Crippen molar-refractivity contribution < 1.29 is 9.26 Å². The zero-order chi connectivity index (χ0) is 12.8. The van der Waals surface area contributed by atoms with Crippen molar-refractivity contribution >= 4 is 11.6 Å². The van der Waals surface area contributed by atoms with Crippen LogP contribution in [0.1, 0.15) is 11.5 Å². The molecule has 2 aromatic heterocycles. The Labute approximate surface area is 104 Å². The highest BCUT2D eigenvalue weighted by Gasteiger charge is 2.04. The van der Waals surface area contributed by atoms with E-state index in [9.17, 15) is 0 Å². The van der Waals surface area contributed by atoms with E-state index in [1.165, 1.54) is 6.26 Å². The van der Waals surface area contributed by atoms with Crippen LogP contribution in [0.3, 0.4) is 0 Å². The molecule has 4 N–H and O–H groups in total. The van der Waals surface area contributed by atoms with Gasteiger partial charge in [0.05, 0.1) is 6.54 Å². The van der Waals surface area contributed by atoms with Crippen molar-refractivity contribution in [2.45, 2.75) is 13.2 Å². The Hall–Kier alpha value is -2.19. The lowest BCUT2D eigenvalue weighted by Gasteiger charge is -2.08. The van der Waals surface area contributed by atoms with Gasteiger partial charge in [-0.05, 0) is 0 Å². The molecule has 0 spiro atoms. The molecule has 0 radical (unpaired) electrons. The van der Waals surface area contributed by atoms with Crippen LogP contribution in [0.4, 0.5) is 11.6 Å². The summed E-state index contributed by atoms with van der Waals surface area (Å²) >= 11 is 0. The Balaban J connectivity index is 2.08. The fourth-order valence-electron chi connectivity index (χ4n) is 1.37. The Bertz CT molecular complexity index is 487. The predicted octanol–water partition coefficient (Wildman–Crippen LogP) is 0.509. The third-order valence-corrected chi connectivity index (χ3v) is 2.14. The number of nitrogens with zero attached hydrogens (tertiary/aromatic N) is 3. The Kier molecular flexibility index (Phi) is 4.05. The maximum Gasteiger partial charge on any atom is 0.158 e. The van der Waals surface area contributed by atoms with Gasteiger partial charge in [-0.15, -0.1) is 0 Å². The summed E-state index contributed by atoms with van der Waals surface area (Å²) in [7, 11) is 1.58. The highest BCUT2D eigenvalue weighted by atomic mass is 16.5. The lowest BCUT2D eigenvalue weighted by molar-refractivity contribution is 0.178. The van der Waals surface area contributed by atoms with Crippen molar-refractivity contribution in [3.05, 3.63) is 29.9 Å². The topological polar surface area (TPSA) is 111 Å². The Morgan fingerprint density at radius 1 is 1.39 bits per heavy atom. The summed E-state index contributed by atoms with van der Waals surface area (Å²) in [5.74, 6) is 7.02. The van der Waals surface area contributed by atoms with Gasteiger partial charge in [0.15, 0.2) is 5.82 Å². The van der Waals surface area contributed by atoms with E-state index in [2.05, 4.69) is 25.9 Å². The van der Waals surface area contributed by atoms with E-state index in [4.69, 9.17) is 15.1 Å². The first-order valence-corrected chi connectivity index (χ1v) is 5.28.